The van der Waals surface area contributed by atoms with E-state index in [9.17, 15) is 4.79 Å². The molecule has 1 aromatic rings. The largest absolute Gasteiger partial charge is 0.381 e. The summed E-state index contributed by atoms with van der Waals surface area (Å²) in [4.78, 5) is 17.6. The first-order valence-electron chi connectivity index (χ1n) is 7.51. The van der Waals surface area contributed by atoms with Crippen LogP contribution in [0.4, 0.5) is 0 Å². The van der Waals surface area contributed by atoms with Crippen LogP contribution in [0.1, 0.15) is 47.1 Å². The van der Waals surface area contributed by atoms with Crippen molar-refractivity contribution >= 4 is 17.2 Å². The van der Waals surface area contributed by atoms with Crippen LogP contribution in [0.15, 0.2) is 0 Å². The predicted octanol–water partition coefficient (Wildman–Crippen LogP) is 1.89. The number of amides is 1. The van der Waals surface area contributed by atoms with Gasteiger partial charge in [-0.3, -0.25) is 4.79 Å². The summed E-state index contributed by atoms with van der Waals surface area (Å²) in [7, 11) is 0. The summed E-state index contributed by atoms with van der Waals surface area (Å²) >= 11 is 1.46. The van der Waals surface area contributed by atoms with Crippen molar-refractivity contribution in [1.82, 2.24) is 10.3 Å². The zero-order chi connectivity index (χ0) is 15.5. The maximum atomic E-state index is 12.4. The van der Waals surface area contributed by atoms with Crippen LogP contribution in [0, 0.1) is 12.8 Å². The Morgan fingerprint density at radius 3 is 2.76 bits per heavy atom. The van der Waals surface area contributed by atoms with Gasteiger partial charge in [0.15, 0.2) is 0 Å². The fourth-order valence-corrected chi connectivity index (χ4v) is 3.33. The van der Waals surface area contributed by atoms with Crippen LogP contribution in [0.3, 0.4) is 0 Å². The van der Waals surface area contributed by atoms with Gasteiger partial charge in [-0.05, 0) is 32.1 Å². The van der Waals surface area contributed by atoms with E-state index in [4.69, 9.17) is 10.5 Å². The highest BCUT2D eigenvalue weighted by Crippen LogP contribution is 2.22. The SMILES string of the molecule is Cc1nc(CC(C)C)c(C(=O)NCC2(N)CCOCC2)s1. The molecule has 21 heavy (non-hydrogen) atoms. The van der Waals surface area contributed by atoms with Gasteiger partial charge in [-0.15, -0.1) is 11.3 Å². The molecule has 0 unspecified atom stereocenters. The average Bonchev–Trinajstić information content (AvgIpc) is 2.77. The molecule has 0 radical (unpaired) electrons. The molecular formula is C15H25N3O2S. The van der Waals surface area contributed by atoms with Crippen LogP contribution in [0.2, 0.25) is 0 Å². The lowest BCUT2D eigenvalue weighted by atomic mass is 9.91. The van der Waals surface area contributed by atoms with Crippen molar-refractivity contribution in [1.29, 1.82) is 0 Å². The van der Waals surface area contributed by atoms with Crippen molar-refractivity contribution in [3.05, 3.63) is 15.6 Å². The van der Waals surface area contributed by atoms with Crippen molar-refractivity contribution in [3.8, 4) is 0 Å². The molecule has 0 bridgehead atoms. The van der Waals surface area contributed by atoms with E-state index >= 15 is 0 Å². The van der Waals surface area contributed by atoms with E-state index in [1.165, 1.54) is 11.3 Å². The van der Waals surface area contributed by atoms with E-state index in [0.29, 0.717) is 25.7 Å². The molecule has 1 amide bonds. The number of ether oxygens (including phenoxy) is 1. The molecule has 1 fully saturated rings. The Balaban J connectivity index is 1.99. The Kier molecular flexibility index (Phi) is 5.35. The summed E-state index contributed by atoms with van der Waals surface area (Å²) < 4.78 is 5.32. The Bertz CT molecular complexity index is 493. The third-order valence-corrected chi connectivity index (χ3v) is 4.71. The molecule has 0 spiro atoms. The van der Waals surface area contributed by atoms with E-state index < -0.39 is 0 Å². The molecule has 3 N–H and O–H groups in total. The fourth-order valence-electron chi connectivity index (χ4n) is 2.46. The summed E-state index contributed by atoms with van der Waals surface area (Å²) in [6, 6.07) is 0. The quantitative estimate of drug-likeness (QED) is 0.870. The van der Waals surface area contributed by atoms with Crippen molar-refractivity contribution in [2.75, 3.05) is 19.8 Å². The zero-order valence-corrected chi connectivity index (χ0v) is 13.9. The Hall–Kier alpha value is -0.980. The van der Waals surface area contributed by atoms with Gasteiger partial charge in [-0.1, -0.05) is 13.8 Å². The lowest BCUT2D eigenvalue weighted by molar-refractivity contribution is 0.0518. The van der Waals surface area contributed by atoms with E-state index in [1.807, 2.05) is 6.92 Å². The van der Waals surface area contributed by atoms with Gasteiger partial charge >= 0.3 is 0 Å². The van der Waals surface area contributed by atoms with Gasteiger partial charge in [-0.2, -0.15) is 0 Å². The summed E-state index contributed by atoms with van der Waals surface area (Å²) in [5.41, 5.74) is 6.87. The average molecular weight is 311 g/mol. The van der Waals surface area contributed by atoms with Crippen LogP contribution in [-0.2, 0) is 11.2 Å². The van der Waals surface area contributed by atoms with Gasteiger partial charge in [0.05, 0.1) is 10.7 Å². The van der Waals surface area contributed by atoms with Gasteiger partial charge < -0.3 is 15.8 Å². The topological polar surface area (TPSA) is 77.2 Å². The summed E-state index contributed by atoms with van der Waals surface area (Å²) in [6.07, 6.45) is 2.40. The molecule has 1 saturated heterocycles. The number of carbonyl (C=O) groups excluding carboxylic acids is 1. The van der Waals surface area contributed by atoms with Crippen LogP contribution in [-0.4, -0.2) is 36.2 Å². The molecule has 6 heteroatoms. The van der Waals surface area contributed by atoms with Gasteiger partial charge in [0.25, 0.3) is 5.91 Å². The number of hydrogen-bond acceptors (Lipinski definition) is 5. The second-order valence-corrected chi connectivity index (χ2v) is 7.47. The second-order valence-electron chi connectivity index (χ2n) is 6.26. The van der Waals surface area contributed by atoms with Crippen LogP contribution < -0.4 is 11.1 Å². The van der Waals surface area contributed by atoms with E-state index in [1.54, 1.807) is 0 Å². The van der Waals surface area contributed by atoms with Gasteiger partial charge in [0, 0.05) is 25.3 Å². The molecule has 0 saturated carbocycles. The third-order valence-electron chi connectivity index (χ3n) is 3.70. The summed E-state index contributed by atoms with van der Waals surface area (Å²) in [5.74, 6) is 0.432. The Labute approximate surface area is 130 Å². The summed E-state index contributed by atoms with van der Waals surface area (Å²) in [5, 5.41) is 3.92. The number of nitrogens with zero attached hydrogens (tertiary/aromatic N) is 1. The van der Waals surface area contributed by atoms with Gasteiger partial charge in [0.2, 0.25) is 0 Å². The molecule has 5 nitrogen and oxygen atoms in total. The van der Waals surface area contributed by atoms with Crippen molar-refractivity contribution in [2.45, 2.75) is 45.6 Å². The number of hydrogen-bond donors (Lipinski definition) is 2. The lowest BCUT2D eigenvalue weighted by Crippen LogP contribution is -2.53. The van der Waals surface area contributed by atoms with Crippen molar-refractivity contribution in [3.63, 3.8) is 0 Å². The first-order valence-corrected chi connectivity index (χ1v) is 8.32. The van der Waals surface area contributed by atoms with Gasteiger partial charge in [-0.25, -0.2) is 4.98 Å². The molecular weight excluding hydrogens is 286 g/mol. The van der Waals surface area contributed by atoms with Crippen LogP contribution >= 0.6 is 11.3 Å². The maximum absolute atomic E-state index is 12.4. The predicted molar refractivity (Wildman–Crippen MR) is 84.7 cm³/mol. The smallest absolute Gasteiger partial charge is 0.263 e. The highest BCUT2D eigenvalue weighted by atomic mass is 32.1. The highest BCUT2D eigenvalue weighted by Gasteiger charge is 2.29. The number of rotatable bonds is 5. The number of nitrogens with one attached hydrogen (secondary N) is 1. The molecule has 1 aromatic heterocycles. The minimum absolute atomic E-state index is 0.0485. The molecule has 0 atom stereocenters. The molecule has 0 aliphatic carbocycles. The number of aryl methyl sites for hydroxylation is 1. The van der Waals surface area contributed by atoms with Crippen LogP contribution in [0.5, 0.6) is 0 Å². The third kappa shape index (κ3) is 4.49. The monoisotopic (exact) mass is 311 g/mol. The highest BCUT2D eigenvalue weighted by molar-refractivity contribution is 7.13. The molecule has 0 aromatic carbocycles. The second kappa shape index (κ2) is 6.85. The van der Waals surface area contributed by atoms with E-state index in [-0.39, 0.29) is 11.4 Å². The number of aromatic nitrogens is 1. The first kappa shape index (κ1) is 16.4. The number of carbonyl (C=O) groups is 1. The maximum Gasteiger partial charge on any atom is 0.263 e. The fraction of sp³-hybridized carbons (Fsp3) is 0.733. The molecule has 1 aliphatic heterocycles. The Morgan fingerprint density at radius 2 is 2.14 bits per heavy atom. The van der Waals surface area contributed by atoms with Crippen LogP contribution in [0.25, 0.3) is 0 Å². The van der Waals surface area contributed by atoms with Gasteiger partial charge in [0.1, 0.15) is 4.88 Å². The Morgan fingerprint density at radius 1 is 1.48 bits per heavy atom. The molecule has 2 rings (SSSR count). The standard InChI is InChI=1S/C15H25N3O2S/c1-10(2)8-12-13(21-11(3)18-12)14(19)17-9-15(16)4-6-20-7-5-15/h10H,4-9,16H2,1-3H3,(H,17,19). The van der Waals surface area contributed by atoms with E-state index in [0.717, 1.165) is 34.8 Å². The first-order chi connectivity index (χ1) is 9.89. The molecule has 2 heterocycles. The molecule has 118 valence electrons. The number of nitrogens with two attached hydrogens (primary N) is 1. The minimum Gasteiger partial charge on any atom is -0.381 e. The number of thiazole rings is 1. The molecule has 1 aliphatic rings. The normalized spacial score (nSPS) is 18.0. The minimum atomic E-state index is -0.341. The van der Waals surface area contributed by atoms with Crippen molar-refractivity contribution in [2.24, 2.45) is 11.7 Å². The van der Waals surface area contributed by atoms with E-state index in [2.05, 4.69) is 24.1 Å². The zero-order valence-electron chi connectivity index (χ0n) is 13.1. The lowest BCUT2D eigenvalue weighted by Gasteiger charge is -2.33. The summed E-state index contributed by atoms with van der Waals surface area (Å²) in [6.45, 7) is 8.04. The van der Waals surface area contributed by atoms with Crippen molar-refractivity contribution < 1.29 is 9.53 Å².